The number of piperidine rings is 1. The van der Waals surface area contributed by atoms with Crippen molar-refractivity contribution in [1.29, 1.82) is 0 Å². The molecule has 0 saturated carbocycles. The summed E-state index contributed by atoms with van der Waals surface area (Å²) in [7, 11) is 0. The fourth-order valence-electron chi connectivity index (χ4n) is 3.13. The lowest BCUT2D eigenvalue weighted by molar-refractivity contribution is 0.0636. The van der Waals surface area contributed by atoms with E-state index >= 15 is 0 Å². The number of nitrogens with zero attached hydrogens (tertiary/aromatic N) is 1. The lowest BCUT2D eigenvalue weighted by atomic mass is 10.0. The van der Waals surface area contributed by atoms with E-state index < -0.39 is 11.7 Å². The van der Waals surface area contributed by atoms with Gasteiger partial charge >= 0.3 is 6.09 Å². The molecule has 5 heteroatoms. The SMILES string of the molecule is C=C1CCN(C(=O)c2cc3ccccc3cc2NC(=O)OC(C)(C)C)CC1. The number of benzene rings is 2. The van der Waals surface area contributed by atoms with Crippen molar-refractivity contribution in [2.45, 2.75) is 39.2 Å². The molecule has 0 atom stereocenters. The first-order valence-corrected chi connectivity index (χ1v) is 9.22. The van der Waals surface area contributed by atoms with Crippen molar-refractivity contribution in [1.82, 2.24) is 4.90 Å². The van der Waals surface area contributed by atoms with Gasteiger partial charge in [0.25, 0.3) is 5.91 Å². The summed E-state index contributed by atoms with van der Waals surface area (Å²) >= 11 is 0. The molecule has 0 bridgehead atoms. The Bertz CT molecular complexity index is 886. The average molecular weight is 366 g/mol. The van der Waals surface area contributed by atoms with Crippen LogP contribution in [0.2, 0.25) is 0 Å². The topological polar surface area (TPSA) is 58.6 Å². The molecule has 5 nitrogen and oxygen atoms in total. The van der Waals surface area contributed by atoms with Crippen molar-refractivity contribution >= 4 is 28.5 Å². The van der Waals surface area contributed by atoms with Crippen LogP contribution in [0.1, 0.15) is 44.0 Å². The minimum atomic E-state index is -0.613. The highest BCUT2D eigenvalue weighted by Crippen LogP contribution is 2.27. The van der Waals surface area contributed by atoms with Crippen LogP contribution < -0.4 is 5.32 Å². The predicted octanol–water partition coefficient (Wildman–Crippen LogP) is 4.98. The smallest absolute Gasteiger partial charge is 0.412 e. The van der Waals surface area contributed by atoms with Crippen molar-refractivity contribution in [3.63, 3.8) is 0 Å². The molecule has 0 aromatic heterocycles. The van der Waals surface area contributed by atoms with E-state index in [1.54, 1.807) is 20.8 Å². The number of likely N-dealkylation sites (tertiary alicyclic amines) is 1. The van der Waals surface area contributed by atoms with E-state index in [1.807, 2.05) is 41.3 Å². The summed E-state index contributed by atoms with van der Waals surface area (Å²) in [6.45, 7) is 10.7. The van der Waals surface area contributed by atoms with Crippen LogP contribution in [0.5, 0.6) is 0 Å². The van der Waals surface area contributed by atoms with Crippen LogP contribution in [0.3, 0.4) is 0 Å². The molecule has 142 valence electrons. The first-order valence-electron chi connectivity index (χ1n) is 9.22. The first kappa shape index (κ1) is 19.0. The second-order valence-corrected chi connectivity index (χ2v) is 7.91. The third kappa shape index (κ3) is 4.67. The maximum absolute atomic E-state index is 13.1. The molecule has 0 aliphatic carbocycles. The van der Waals surface area contributed by atoms with Gasteiger partial charge in [-0.05, 0) is 56.5 Å². The van der Waals surface area contributed by atoms with Gasteiger partial charge < -0.3 is 9.64 Å². The van der Waals surface area contributed by atoms with Gasteiger partial charge in [0, 0.05) is 13.1 Å². The van der Waals surface area contributed by atoms with E-state index in [0.29, 0.717) is 24.3 Å². The van der Waals surface area contributed by atoms with Crippen LogP contribution in [-0.2, 0) is 4.74 Å². The molecule has 0 radical (unpaired) electrons. The van der Waals surface area contributed by atoms with Gasteiger partial charge in [-0.3, -0.25) is 10.1 Å². The van der Waals surface area contributed by atoms with Crippen molar-refractivity contribution in [2.75, 3.05) is 18.4 Å². The Morgan fingerprint density at radius 1 is 1.07 bits per heavy atom. The molecule has 2 aromatic carbocycles. The zero-order chi connectivity index (χ0) is 19.6. The summed E-state index contributed by atoms with van der Waals surface area (Å²) < 4.78 is 5.36. The molecule has 1 aliphatic rings. The Balaban J connectivity index is 1.95. The Kier molecular flexibility index (Phi) is 5.22. The van der Waals surface area contributed by atoms with E-state index in [9.17, 15) is 9.59 Å². The number of hydrogen-bond donors (Lipinski definition) is 1. The zero-order valence-electron chi connectivity index (χ0n) is 16.2. The van der Waals surface area contributed by atoms with Crippen LogP contribution in [0, 0.1) is 0 Å². The summed E-state index contributed by atoms with van der Waals surface area (Å²) in [5, 5.41) is 4.67. The van der Waals surface area contributed by atoms with Gasteiger partial charge in [-0.1, -0.05) is 36.4 Å². The second-order valence-electron chi connectivity index (χ2n) is 7.91. The summed E-state index contributed by atoms with van der Waals surface area (Å²) in [4.78, 5) is 27.2. The van der Waals surface area contributed by atoms with E-state index in [2.05, 4.69) is 11.9 Å². The Labute approximate surface area is 160 Å². The third-order valence-electron chi connectivity index (χ3n) is 4.51. The molecule has 1 N–H and O–H groups in total. The molecule has 2 aromatic rings. The maximum Gasteiger partial charge on any atom is 0.412 e. The zero-order valence-corrected chi connectivity index (χ0v) is 16.2. The van der Waals surface area contributed by atoms with Crippen molar-refractivity contribution in [3.8, 4) is 0 Å². The highest BCUT2D eigenvalue weighted by molar-refractivity contribution is 6.07. The Morgan fingerprint density at radius 3 is 2.26 bits per heavy atom. The van der Waals surface area contributed by atoms with E-state index in [4.69, 9.17) is 4.74 Å². The number of rotatable bonds is 2. The van der Waals surface area contributed by atoms with Crippen LogP contribution >= 0.6 is 0 Å². The fourth-order valence-corrected chi connectivity index (χ4v) is 3.13. The molecular formula is C22H26N2O3. The van der Waals surface area contributed by atoms with Crippen LogP contribution in [-0.4, -0.2) is 35.6 Å². The fraction of sp³-hybridized carbons (Fsp3) is 0.364. The number of amides is 2. The average Bonchev–Trinajstić information content (AvgIpc) is 2.59. The van der Waals surface area contributed by atoms with Gasteiger partial charge in [-0.15, -0.1) is 0 Å². The number of nitrogens with one attached hydrogen (secondary N) is 1. The van der Waals surface area contributed by atoms with Crippen LogP contribution in [0.4, 0.5) is 10.5 Å². The summed E-state index contributed by atoms with van der Waals surface area (Å²) in [5.74, 6) is -0.0840. The minimum Gasteiger partial charge on any atom is -0.444 e. The van der Waals surface area contributed by atoms with Gasteiger partial charge in [-0.2, -0.15) is 0 Å². The summed E-state index contributed by atoms with van der Waals surface area (Å²) in [6, 6.07) is 11.4. The Morgan fingerprint density at radius 2 is 1.67 bits per heavy atom. The largest absolute Gasteiger partial charge is 0.444 e. The lowest BCUT2D eigenvalue weighted by Gasteiger charge is -2.29. The predicted molar refractivity (Wildman–Crippen MR) is 108 cm³/mol. The molecule has 0 unspecified atom stereocenters. The Hall–Kier alpha value is -2.82. The first-order chi connectivity index (χ1) is 12.7. The van der Waals surface area contributed by atoms with E-state index in [1.165, 1.54) is 5.57 Å². The second kappa shape index (κ2) is 7.43. The molecule has 0 spiro atoms. The highest BCUT2D eigenvalue weighted by atomic mass is 16.6. The van der Waals surface area contributed by atoms with Gasteiger partial charge in [-0.25, -0.2) is 4.79 Å². The monoisotopic (exact) mass is 366 g/mol. The molecule has 1 aliphatic heterocycles. The van der Waals surface area contributed by atoms with E-state index in [0.717, 1.165) is 23.6 Å². The number of fused-ring (bicyclic) bond motifs is 1. The van der Waals surface area contributed by atoms with Crippen LogP contribution in [0.25, 0.3) is 10.8 Å². The van der Waals surface area contributed by atoms with Crippen molar-refractivity contribution < 1.29 is 14.3 Å². The van der Waals surface area contributed by atoms with Gasteiger partial charge in [0.1, 0.15) is 5.60 Å². The van der Waals surface area contributed by atoms with Crippen molar-refractivity contribution in [2.24, 2.45) is 0 Å². The highest BCUT2D eigenvalue weighted by Gasteiger charge is 2.24. The maximum atomic E-state index is 13.1. The van der Waals surface area contributed by atoms with Crippen LogP contribution in [0.15, 0.2) is 48.6 Å². The molecule has 1 heterocycles. The number of ether oxygens (including phenoxy) is 1. The molecule has 1 saturated heterocycles. The number of carbonyl (C=O) groups is 2. The third-order valence-corrected chi connectivity index (χ3v) is 4.51. The van der Waals surface area contributed by atoms with E-state index in [-0.39, 0.29) is 5.91 Å². The number of anilines is 1. The molecule has 27 heavy (non-hydrogen) atoms. The molecular weight excluding hydrogens is 340 g/mol. The quantitative estimate of drug-likeness (QED) is 0.763. The standard InChI is InChI=1S/C22H26N2O3/c1-15-9-11-24(12-10-15)20(25)18-13-16-7-5-6-8-17(16)14-19(18)23-21(26)27-22(2,3)4/h5-8,13-14H,1,9-12H2,2-4H3,(H,23,26). The summed E-state index contributed by atoms with van der Waals surface area (Å²) in [5.41, 5.74) is 1.51. The number of hydrogen-bond acceptors (Lipinski definition) is 3. The van der Waals surface area contributed by atoms with Gasteiger partial charge in [0.2, 0.25) is 0 Å². The molecule has 2 amide bonds. The van der Waals surface area contributed by atoms with Gasteiger partial charge in [0.05, 0.1) is 11.3 Å². The van der Waals surface area contributed by atoms with Crippen molar-refractivity contribution in [3.05, 3.63) is 54.1 Å². The number of carbonyl (C=O) groups excluding carboxylic acids is 2. The van der Waals surface area contributed by atoms with Gasteiger partial charge in [0.15, 0.2) is 0 Å². The lowest BCUT2D eigenvalue weighted by Crippen LogP contribution is -2.37. The summed E-state index contributed by atoms with van der Waals surface area (Å²) in [6.07, 6.45) is 1.06. The normalized spacial score (nSPS) is 14.9. The molecule has 3 rings (SSSR count). The minimum absolute atomic E-state index is 0.0840. The molecule has 1 fully saturated rings.